The van der Waals surface area contributed by atoms with E-state index >= 15 is 0 Å². The van der Waals surface area contributed by atoms with E-state index in [-0.39, 0.29) is 0 Å². The minimum absolute atomic E-state index is 1.06. The summed E-state index contributed by atoms with van der Waals surface area (Å²) in [5.74, 6) is 0. The van der Waals surface area contributed by atoms with Crippen molar-refractivity contribution in [2.45, 2.75) is 0 Å². The van der Waals surface area contributed by atoms with E-state index in [1.807, 2.05) is 24.3 Å². The Kier molecular flexibility index (Phi) is 7.87. The van der Waals surface area contributed by atoms with Crippen molar-refractivity contribution in [1.29, 1.82) is 0 Å². The van der Waals surface area contributed by atoms with Gasteiger partial charge in [-0.25, -0.2) is 0 Å². The van der Waals surface area contributed by atoms with E-state index < -0.39 is 0 Å². The lowest BCUT2D eigenvalue weighted by molar-refractivity contribution is 0.666. The van der Waals surface area contributed by atoms with Crippen LogP contribution in [0.4, 0.5) is 0 Å². The fourth-order valence-electron chi connectivity index (χ4n) is 3.36. The smallest absolute Gasteiger partial charge is 0.0455 e. The normalized spacial score (nSPS) is 12.1. The molecule has 0 N–H and O–H groups in total. The molecule has 4 aromatic rings. The highest BCUT2D eigenvalue weighted by molar-refractivity contribution is 5.63. The summed E-state index contributed by atoms with van der Waals surface area (Å²) in [7, 11) is 0. The van der Waals surface area contributed by atoms with Crippen molar-refractivity contribution in [3.05, 3.63) is 168 Å². The van der Waals surface area contributed by atoms with E-state index in [1.54, 1.807) is 0 Å². The summed E-state index contributed by atoms with van der Waals surface area (Å²) in [6.07, 6.45) is 15.0. The predicted molar refractivity (Wildman–Crippen MR) is 143 cm³/mol. The number of nitrogens with zero attached hydrogens (tertiary/aromatic N) is 1. The summed E-state index contributed by atoms with van der Waals surface area (Å²) < 4.78 is 0. The van der Waals surface area contributed by atoms with Gasteiger partial charge in [0, 0.05) is 18.1 Å². The molecule has 0 aliphatic rings. The van der Waals surface area contributed by atoms with Gasteiger partial charge in [0.1, 0.15) is 0 Å². The molecule has 4 aromatic carbocycles. The van der Waals surface area contributed by atoms with Crippen LogP contribution in [-0.2, 0) is 0 Å². The van der Waals surface area contributed by atoms with Crippen LogP contribution in [0.2, 0.25) is 0 Å². The maximum absolute atomic E-state index is 2.20. The van der Waals surface area contributed by atoms with Gasteiger partial charge in [-0.05, 0) is 46.6 Å². The quantitative estimate of drug-likeness (QED) is 0.256. The van der Waals surface area contributed by atoms with Crippen LogP contribution in [0.3, 0.4) is 0 Å². The zero-order valence-electron chi connectivity index (χ0n) is 18.5. The van der Waals surface area contributed by atoms with Gasteiger partial charge in [0.15, 0.2) is 0 Å². The average Bonchev–Trinajstić information content (AvgIpc) is 2.89. The van der Waals surface area contributed by atoms with Crippen molar-refractivity contribution in [1.82, 2.24) is 4.90 Å². The Morgan fingerprint density at radius 2 is 0.788 bits per heavy atom. The largest absolute Gasteiger partial charge is 0.324 e. The summed E-state index contributed by atoms with van der Waals surface area (Å²) in [6, 6.07) is 41.5. The second kappa shape index (κ2) is 11.9. The van der Waals surface area contributed by atoms with Gasteiger partial charge in [-0.15, -0.1) is 0 Å². The van der Waals surface area contributed by atoms with E-state index in [2.05, 4.69) is 145 Å². The summed E-state index contributed by atoms with van der Waals surface area (Å²) in [6.45, 7) is 0. The molecule has 0 amide bonds. The second-order valence-corrected chi connectivity index (χ2v) is 7.58. The molecular formula is C32H27N. The highest BCUT2D eigenvalue weighted by atomic mass is 15.1. The van der Waals surface area contributed by atoms with Crippen LogP contribution in [0.15, 0.2) is 146 Å². The number of allylic oxidation sites excluding steroid dienone is 1. The summed E-state index contributed by atoms with van der Waals surface area (Å²) in [5, 5.41) is 0. The minimum Gasteiger partial charge on any atom is -0.324 e. The molecule has 0 aliphatic heterocycles. The Balaban J connectivity index is 1.73. The van der Waals surface area contributed by atoms with E-state index in [9.17, 15) is 0 Å². The number of rotatable bonds is 8. The SMILES string of the molecule is C(=Cc1ccccc1)C(=Cc1ccccc1)N(C=Cc1ccccc1)C=Cc1ccccc1. The van der Waals surface area contributed by atoms with Gasteiger partial charge < -0.3 is 4.90 Å². The Labute approximate surface area is 197 Å². The monoisotopic (exact) mass is 425 g/mol. The highest BCUT2D eigenvalue weighted by Crippen LogP contribution is 2.18. The van der Waals surface area contributed by atoms with Gasteiger partial charge in [-0.1, -0.05) is 127 Å². The Morgan fingerprint density at radius 3 is 1.21 bits per heavy atom. The van der Waals surface area contributed by atoms with Crippen LogP contribution in [0.25, 0.3) is 24.3 Å². The summed E-state index contributed by atoms with van der Waals surface area (Å²) in [4.78, 5) is 2.16. The zero-order valence-corrected chi connectivity index (χ0v) is 18.5. The van der Waals surface area contributed by atoms with Gasteiger partial charge in [0.25, 0.3) is 0 Å². The lowest BCUT2D eigenvalue weighted by Gasteiger charge is -2.18. The first-order chi connectivity index (χ1) is 16.4. The Morgan fingerprint density at radius 1 is 0.424 bits per heavy atom. The van der Waals surface area contributed by atoms with Crippen molar-refractivity contribution in [2.75, 3.05) is 0 Å². The molecule has 160 valence electrons. The van der Waals surface area contributed by atoms with Crippen LogP contribution in [0, 0.1) is 0 Å². The van der Waals surface area contributed by atoms with Crippen LogP contribution in [0.1, 0.15) is 22.3 Å². The lowest BCUT2D eigenvalue weighted by Crippen LogP contribution is -2.07. The molecule has 0 saturated carbocycles. The summed E-state index contributed by atoms with van der Waals surface area (Å²) >= 11 is 0. The molecule has 0 aromatic heterocycles. The maximum Gasteiger partial charge on any atom is 0.0455 e. The topological polar surface area (TPSA) is 3.24 Å². The van der Waals surface area contributed by atoms with Crippen molar-refractivity contribution < 1.29 is 0 Å². The van der Waals surface area contributed by atoms with Crippen LogP contribution in [-0.4, -0.2) is 4.90 Å². The maximum atomic E-state index is 2.20. The summed E-state index contributed by atoms with van der Waals surface area (Å²) in [5.41, 5.74) is 5.68. The minimum atomic E-state index is 1.06. The van der Waals surface area contributed by atoms with E-state index in [1.165, 1.54) is 0 Å². The molecule has 0 unspecified atom stereocenters. The third kappa shape index (κ3) is 7.09. The van der Waals surface area contributed by atoms with Crippen LogP contribution < -0.4 is 0 Å². The van der Waals surface area contributed by atoms with Crippen molar-refractivity contribution >= 4 is 24.3 Å². The molecule has 1 nitrogen and oxygen atoms in total. The molecular weight excluding hydrogens is 398 g/mol. The Bertz CT molecular complexity index is 1170. The molecule has 0 saturated heterocycles. The average molecular weight is 426 g/mol. The first-order valence-corrected chi connectivity index (χ1v) is 11.1. The van der Waals surface area contributed by atoms with Gasteiger partial charge in [0.05, 0.1) is 0 Å². The Hall–Kier alpha value is -4.36. The highest BCUT2D eigenvalue weighted by Gasteiger charge is 2.02. The third-order valence-corrected chi connectivity index (χ3v) is 5.11. The molecule has 0 atom stereocenters. The number of hydrogen-bond acceptors (Lipinski definition) is 1. The van der Waals surface area contributed by atoms with Gasteiger partial charge >= 0.3 is 0 Å². The van der Waals surface area contributed by atoms with Crippen molar-refractivity contribution in [3.8, 4) is 0 Å². The first-order valence-electron chi connectivity index (χ1n) is 11.1. The number of benzene rings is 4. The second-order valence-electron chi connectivity index (χ2n) is 7.58. The number of hydrogen-bond donors (Lipinski definition) is 0. The van der Waals surface area contributed by atoms with Gasteiger partial charge in [-0.2, -0.15) is 0 Å². The van der Waals surface area contributed by atoms with E-state index in [0.29, 0.717) is 0 Å². The fraction of sp³-hybridized carbons (Fsp3) is 0. The molecule has 0 heterocycles. The molecule has 4 rings (SSSR count). The fourth-order valence-corrected chi connectivity index (χ4v) is 3.36. The zero-order chi connectivity index (χ0) is 22.6. The standard InChI is InChI=1S/C32H27N/c1-5-13-28(14-6-1)21-22-32(27-31-19-11-4-12-20-31)33(25-23-29-15-7-2-8-16-29)26-24-30-17-9-3-10-18-30/h1-27H. The molecule has 0 bridgehead atoms. The van der Waals surface area contributed by atoms with Crippen molar-refractivity contribution in [3.63, 3.8) is 0 Å². The molecule has 0 aliphatic carbocycles. The molecule has 1 heteroatoms. The van der Waals surface area contributed by atoms with Crippen molar-refractivity contribution in [2.24, 2.45) is 0 Å². The molecule has 0 fully saturated rings. The van der Waals surface area contributed by atoms with Crippen LogP contribution >= 0.6 is 0 Å². The first kappa shape index (κ1) is 21.9. The molecule has 0 spiro atoms. The predicted octanol–water partition coefficient (Wildman–Crippen LogP) is 8.38. The molecule has 33 heavy (non-hydrogen) atoms. The third-order valence-electron chi connectivity index (χ3n) is 5.11. The van der Waals surface area contributed by atoms with Gasteiger partial charge in [0.2, 0.25) is 0 Å². The van der Waals surface area contributed by atoms with Gasteiger partial charge in [-0.3, -0.25) is 0 Å². The van der Waals surface area contributed by atoms with E-state index in [4.69, 9.17) is 0 Å². The molecule has 0 radical (unpaired) electrons. The van der Waals surface area contributed by atoms with Crippen LogP contribution in [0.5, 0.6) is 0 Å². The van der Waals surface area contributed by atoms with E-state index in [0.717, 1.165) is 28.0 Å². The lowest BCUT2D eigenvalue weighted by atomic mass is 10.1.